The second-order valence-corrected chi connectivity index (χ2v) is 8.60. The number of rotatable bonds is 11. The first-order valence-corrected chi connectivity index (χ1v) is 14.8. The molecule has 2 aromatic carbocycles. The summed E-state index contributed by atoms with van der Waals surface area (Å²) in [5.41, 5.74) is 5.54. The van der Waals surface area contributed by atoms with Crippen LogP contribution in [-0.2, 0) is 4.74 Å². The molecule has 0 saturated heterocycles. The number of pyridine rings is 1. The van der Waals surface area contributed by atoms with Crippen LogP contribution in [0.15, 0.2) is 66.9 Å². The molecule has 0 unspecified atom stereocenters. The first-order chi connectivity index (χ1) is 20.0. The van der Waals surface area contributed by atoms with Crippen molar-refractivity contribution in [3.63, 3.8) is 0 Å². The summed E-state index contributed by atoms with van der Waals surface area (Å²) < 4.78 is 6.85. The van der Waals surface area contributed by atoms with Crippen molar-refractivity contribution in [2.45, 2.75) is 54.9 Å². The van der Waals surface area contributed by atoms with Gasteiger partial charge in [0.1, 0.15) is 0 Å². The zero-order chi connectivity index (χ0) is 30.6. The average Bonchev–Trinajstić information content (AvgIpc) is 3.44. The van der Waals surface area contributed by atoms with Crippen LogP contribution in [-0.4, -0.2) is 65.8 Å². The molecule has 2 aromatic heterocycles. The van der Waals surface area contributed by atoms with E-state index in [1.54, 1.807) is 23.8 Å². The maximum absolute atomic E-state index is 12.5. The maximum atomic E-state index is 12.5. The van der Waals surface area contributed by atoms with Gasteiger partial charge in [-0.3, -0.25) is 4.79 Å². The fourth-order valence-corrected chi connectivity index (χ4v) is 3.84. The topological polar surface area (TPSA) is 83.8 Å². The first kappa shape index (κ1) is 35.3. The molecule has 0 saturated carbocycles. The maximum Gasteiger partial charge on any atom is 0.251 e. The summed E-state index contributed by atoms with van der Waals surface area (Å²) >= 11 is 0. The standard InChI is InChI=1S/C27H32N6O2.3C2H6/c1-20-7-4-8-22(19-20)24-9-5-16-33-25(24)30-27(31-33)29-23-12-10-21(11-13-23)26(34)28-14-6-15-32(2)17-18-35-3;3*1-2/h4-5,7-13,16,19H,6,14-15,17-18H2,1-3H3,(H,28,34)(H,29,31);3*1-2H3. The number of aryl methyl sites for hydroxylation is 1. The number of aromatic nitrogens is 3. The van der Waals surface area contributed by atoms with E-state index < -0.39 is 0 Å². The van der Waals surface area contributed by atoms with Gasteiger partial charge in [0, 0.05) is 43.2 Å². The van der Waals surface area contributed by atoms with Crippen molar-refractivity contribution in [1.29, 1.82) is 0 Å². The van der Waals surface area contributed by atoms with Crippen molar-refractivity contribution in [2.75, 3.05) is 45.7 Å². The summed E-state index contributed by atoms with van der Waals surface area (Å²) in [4.78, 5) is 19.3. The SMILES string of the molecule is CC.CC.CC.COCCN(C)CCCNC(=O)c1ccc(Nc2nc3c(-c4cccc(C)c4)cccn3n2)cc1. The van der Waals surface area contributed by atoms with E-state index >= 15 is 0 Å². The molecule has 1 amide bonds. The number of anilines is 2. The van der Waals surface area contributed by atoms with Crippen LogP contribution in [0.2, 0.25) is 0 Å². The Labute approximate surface area is 247 Å². The lowest BCUT2D eigenvalue weighted by Crippen LogP contribution is -2.29. The summed E-state index contributed by atoms with van der Waals surface area (Å²) in [6.07, 6.45) is 2.77. The van der Waals surface area contributed by atoms with Crippen molar-refractivity contribution in [2.24, 2.45) is 0 Å². The molecule has 0 aliphatic heterocycles. The number of nitrogens with zero attached hydrogens (tertiary/aromatic N) is 4. The fraction of sp³-hybridized carbons (Fsp3) is 0.424. The molecule has 2 N–H and O–H groups in total. The summed E-state index contributed by atoms with van der Waals surface area (Å²) in [5.74, 6) is 0.421. The molecule has 0 aliphatic rings. The molecule has 2 heterocycles. The van der Waals surface area contributed by atoms with Gasteiger partial charge >= 0.3 is 0 Å². The van der Waals surface area contributed by atoms with Gasteiger partial charge in [-0.15, -0.1) is 5.10 Å². The van der Waals surface area contributed by atoms with Crippen LogP contribution in [0.5, 0.6) is 0 Å². The van der Waals surface area contributed by atoms with Crippen molar-refractivity contribution >= 4 is 23.2 Å². The minimum absolute atomic E-state index is 0.0789. The van der Waals surface area contributed by atoms with Crippen LogP contribution < -0.4 is 10.6 Å². The van der Waals surface area contributed by atoms with Crippen molar-refractivity contribution in [3.8, 4) is 11.1 Å². The second kappa shape index (κ2) is 20.2. The largest absolute Gasteiger partial charge is 0.383 e. The third-order valence-corrected chi connectivity index (χ3v) is 5.77. The Morgan fingerprint density at radius 3 is 2.32 bits per heavy atom. The van der Waals surface area contributed by atoms with Crippen LogP contribution >= 0.6 is 0 Å². The lowest BCUT2D eigenvalue weighted by molar-refractivity contribution is 0.0951. The average molecular weight is 563 g/mol. The molecule has 0 atom stereocenters. The minimum atomic E-state index is -0.0789. The number of benzene rings is 2. The van der Waals surface area contributed by atoms with E-state index in [9.17, 15) is 4.79 Å². The monoisotopic (exact) mass is 562 g/mol. The number of amides is 1. The van der Waals surface area contributed by atoms with E-state index in [-0.39, 0.29) is 5.91 Å². The number of fused-ring (bicyclic) bond motifs is 1. The molecule has 0 radical (unpaired) electrons. The van der Waals surface area contributed by atoms with Crippen molar-refractivity contribution < 1.29 is 9.53 Å². The van der Waals surface area contributed by atoms with Crippen LogP contribution in [0.25, 0.3) is 16.8 Å². The number of carbonyl (C=O) groups is 1. The third-order valence-electron chi connectivity index (χ3n) is 5.77. The smallest absolute Gasteiger partial charge is 0.251 e. The molecule has 0 aliphatic carbocycles. The summed E-state index contributed by atoms with van der Waals surface area (Å²) in [6.45, 7) is 17.2. The van der Waals surface area contributed by atoms with E-state index in [2.05, 4.69) is 45.8 Å². The molecule has 41 heavy (non-hydrogen) atoms. The van der Waals surface area contributed by atoms with Gasteiger partial charge in [-0.25, -0.2) is 4.52 Å². The number of ether oxygens (including phenoxy) is 1. The van der Waals surface area contributed by atoms with Crippen LogP contribution in [0.3, 0.4) is 0 Å². The molecule has 0 spiro atoms. The normalized spacial score (nSPS) is 10.0. The van der Waals surface area contributed by atoms with Crippen LogP contribution in [0, 0.1) is 6.92 Å². The Balaban J connectivity index is 0.00000131. The lowest BCUT2D eigenvalue weighted by Gasteiger charge is -2.15. The second-order valence-electron chi connectivity index (χ2n) is 8.60. The van der Waals surface area contributed by atoms with Crippen molar-refractivity contribution in [3.05, 3.63) is 78.0 Å². The van der Waals surface area contributed by atoms with Crippen LogP contribution in [0.1, 0.15) is 63.9 Å². The molecule has 8 heteroatoms. The van der Waals surface area contributed by atoms with E-state index in [1.807, 2.05) is 85.1 Å². The van der Waals surface area contributed by atoms with Gasteiger partial charge in [-0.2, -0.15) is 4.98 Å². The van der Waals surface area contributed by atoms with Gasteiger partial charge in [0.2, 0.25) is 5.95 Å². The van der Waals surface area contributed by atoms with Crippen molar-refractivity contribution in [1.82, 2.24) is 24.8 Å². The zero-order valence-electron chi connectivity index (χ0n) is 26.5. The molecule has 4 rings (SSSR count). The molecular formula is C33H50N6O2. The predicted molar refractivity (Wildman–Crippen MR) is 173 cm³/mol. The highest BCUT2D eigenvalue weighted by molar-refractivity contribution is 5.94. The van der Waals surface area contributed by atoms with Gasteiger partial charge in [-0.1, -0.05) is 71.4 Å². The Bertz CT molecular complexity index is 1270. The lowest BCUT2D eigenvalue weighted by atomic mass is 10.1. The van der Waals surface area contributed by atoms with E-state index in [1.165, 1.54) is 5.56 Å². The number of methoxy groups -OCH3 is 1. The molecule has 0 fully saturated rings. The summed E-state index contributed by atoms with van der Waals surface area (Å²) in [6, 6.07) is 19.7. The highest BCUT2D eigenvalue weighted by atomic mass is 16.5. The molecule has 4 aromatic rings. The van der Waals surface area contributed by atoms with Crippen LogP contribution in [0.4, 0.5) is 11.6 Å². The summed E-state index contributed by atoms with van der Waals surface area (Å²) in [7, 11) is 3.75. The van der Waals surface area contributed by atoms with E-state index in [0.29, 0.717) is 24.7 Å². The Kier molecular flexibility index (Phi) is 17.4. The number of nitrogens with one attached hydrogen (secondary N) is 2. The highest BCUT2D eigenvalue weighted by Crippen LogP contribution is 2.25. The quantitative estimate of drug-likeness (QED) is 0.188. The third kappa shape index (κ3) is 11.3. The van der Waals surface area contributed by atoms with Gasteiger partial charge in [0.15, 0.2) is 5.65 Å². The molecule has 8 nitrogen and oxygen atoms in total. The van der Waals surface area contributed by atoms with E-state index in [0.717, 1.165) is 42.0 Å². The van der Waals surface area contributed by atoms with Gasteiger partial charge in [0.25, 0.3) is 5.91 Å². The zero-order valence-corrected chi connectivity index (χ0v) is 26.5. The highest BCUT2D eigenvalue weighted by Gasteiger charge is 2.11. The number of likely N-dealkylation sites (N-methyl/N-ethyl adjacent to an activating group) is 1. The molecule has 0 bridgehead atoms. The number of carbonyl (C=O) groups excluding carboxylic acids is 1. The molecular weight excluding hydrogens is 512 g/mol. The van der Waals surface area contributed by atoms with Gasteiger partial charge < -0.3 is 20.3 Å². The fourth-order valence-electron chi connectivity index (χ4n) is 3.84. The first-order valence-electron chi connectivity index (χ1n) is 14.8. The number of hydrogen-bond donors (Lipinski definition) is 2. The molecule has 224 valence electrons. The minimum Gasteiger partial charge on any atom is -0.383 e. The summed E-state index contributed by atoms with van der Waals surface area (Å²) in [5, 5.41) is 10.8. The Morgan fingerprint density at radius 1 is 0.951 bits per heavy atom. The van der Waals surface area contributed by atoms with E-state index in [4.69, 9.17) is 9.72 Å². The van der Waals surface area contributed by atoms with Gasteiger partial charge in [0.05, 0.1) is 6.61 Å². The number of hydrogen-bond acceptors (Lipinski definition) is 6. The van der Waals surface area contributed by atoms with Gasteiger partial charge in [-0.05, 0) is 68.9 Å². The Hall–Kier alpha value is -3.75. The Morgan fingerprint density at radius 2 is 1.66 bits per heavy atom. The predicted octanol–water partition coefficient (Wildman–Crippen LogP) is 7.23.